The van der Waals surface area contributed by atoms with Gasteiger partial charge >= 0.3 is 0 Å². The first-order valence-electron chi connectivity index (χ1n) is 9.57. The number of nitrogens with two attached hydrogens (primary N) is 1. The Hall–Kier alpha value is -1.63. The van der Waals surface area contributed by atoms with Crippen LogP contribution in [-0.2, 0) is 14.4 Å². The molecule has 0 aromatic carbocycles. The normalized spacial score (nSPS) is 25.0. The molecule has 2 fully saturated rings. The van der Waals surface area contributed by atoms with Gasteiger partial charge in [0.25, 0.3) is 0 Å². The smallest absolute Gasteiger partial charge is 0.239 e. The highest BCUT2D eigenvalue weighted by atomic mass is 16.2. The summed E-state index contributed by atoms with van der Waals surface area (Å²) in [6.45, 7) is 5.26. The van der Waals surface area contributed by atoms with E-state index >= 15 is 0 Å². The first kappa shape index (κ1) is 19.7. The first-order valence-corrected chi connectivity index (χ1v) is 9.57. The molecule has 25 heavy (non-hydrogen) atoms. The molecule has 2 aliphatic rings. The third kappa shape index (κ3) is 6.30. The molecule has 2 heterocycles. The monoisotopic (exact) mass is 352 g/mol. The number of nitrogens with zero attached hydrogens (tertiary/aromatic N) is 2. The van der Waals surface area contributed by atoms with E-state index in [4.69, 9.17) is 5.73 Å². The van der Waals surface area contributed by atoms with Gasteiger partial charge in [0.05, 0.1) is 6.54 Å². The maximum Gasteiger partial charge on any atom is 0.239 e. The van der Waals surface area contributed by atoms with E-state index in [0.717, 1.165) is 45.2 Å². The fraction of sp³-hybridized carbons (Fsp3) is 0.833. The molecule has 0 saturated carbocycles. The SMILES string of the molecule is CCC[C@H]1CN(CCC(N)=O)C[C@@H]1NC(=O)CN1CCCCCC1=O. The highest BCUT2D eigenvalue weighted by Gasteiger charge is 2.33. The van der Waals surface area contributed by atoms with E-state index in [1.54, 1.807) is 4.90 Å². The topological polar surface area (TPSA) is 95.7 Å². The summed E-state index contributed by atoms with van der Waals surface area (Å²) in [5.74, 6) is 0.117. The van der Waals surface area contributed by atoms with Crippen LogP contribution in [-0.4, -0.2) is 66.3 Å². The summed E-state index contributed by atoms with van der Waals surface area (Å²) in [5, 5.41) is 3.13. The molecular formula is C18H32N4O3. The third-order valence-corrected chi connectivity index (χ3v) is 5.20. The lowest BCUT2D eigenvalue weighted by molar-refractivity contribution is -0.135. The second-order valence-corrected chi connectivity index (χ2v) is 7.32. The zero-order valence-electron chi connectivity index (χ0n) is 15.3. The Morgan fingerprint density at radius 2 is 2.04 bits per heavy atom. The molecule has 142 valence electrons. The minimum absolute atomic E-state index is 0.0712. The predicted octanol–water partition coefficient (Wildman–Crippen LogP) is 0.481. The summed E-state index contributed by atoms with van der Waals surface area (Å²) >= 11 is 0. The Kier molecular flexibility index (Phi) is 7.68. The van der Waals surface area contributed by atoms with Gasteiger partial charge in [-0.1, -0.05) is 19.8 Å². The molecule has 0 aliphatic carbocycles. The standard InChI is InChI=1S/C18H32N4O3/c1-2-6-14-11-21(10-8-16(19)23)12-15(14)20-17(24)13-22-9-5-3-4-7-18(22)25/h14-15H,2-13H2,1H3,(H2,19,23)(H,20,24)/t14-,15-/m0/s1. The van der Waals surface area contributed by atoms with Gasteiger partial charge in [-0.3, -0.25) is 14.4 Å². The minimum atomic E-state index is -0.292. The lowest BCUT2D eigenvalue weighted by atomic mass is 9.98. The summed E-state index contributed by atoms with van der Waals surface area (Å²) in [6.07, 6.45) is 5.96. The molecule has 2 rings (SSSR count). The third-order valence-electron chi connectivity index (χ3n) is 5.20. The van der Waals surface area contributed by atoms with E-state index in [2.05, 4.69) is 17.1 Å². The van der Waals surface area contributed by atoms with Gasteiger partial charge in [-0.2, -0.15) is 0 Å². The molecule has 3 amide bonds. The van der Waals surface area contributed by atoms with E-state index in [0.29, 0.717) is 31.8 Å². The van der Waals surface area contributed by atoms with Crippen LogP contribution in [0.15, 0.2) is 0 Å². The molecule has 2 saturated heterocycles. The summed E-state index contributed by atoms with van der Waals surface area (Å²) in [7, 11) is 0. The number of primary amides is 1. The molecule has 0 aromatic heterocycles. The van der Waals surface area contributed by atoms with Crippen LogP contribution in [0, 0.1) is 5.92 Å². The fourth-order valence-electron chi connectivity index (χ4n) is 3.87. The van der Waals surface area contributed by atoms with Crippen LogP contribution >= 0.6 is 0 Å². The quantitative estimate of drug-likeness (QED) is 0.664. The molecule has 0 radical (unpaired) electrons. The van der Waals surface area contributed by atoms with Crippen molar-refractivity contribution < 1.29 is 14.4 Å². The average molecular weight is 352 g/mol. The van der Waals surface area contributed by atoms with Crippen LogP contribution in [0.2, 0.25) is 0 Å². The van der Waals surface area contributed by atoms with Gasteiger partial charge < -0.3 is 20.9 Å². The van der Waals surface area contributed by atoms with Crippen molar-refractivity contribution in [1.82, 2.24) is 15.1 Å². The number of nitrogens with one attached hydrogen (secondary N) is 1. The Labute approximate surface area is 150 Å². The lowest BCUT2D eigenvalue weighted by Crippen LogP contribution is -2.46. The van der Waals surface area contributed by atoms with Crippen molar-refractivity contribution in [2.45, 2.75) is 57.9 Å². The van der Waals surface area contributed by atoms with Crippen molar-refractivity contribution in [3.63, 3.8) is 0 Å². The van der Waals surface area contributed by atoms with Gasteiger partial charge in [-0.15, -0.1) is 0 Å². The number of amides is 3. The van der Waals surface area contributed by atoms with Crippen LogP contribution in [0.3, 0.4) is 0 Å². The molecule has 2 atom stereocenters. The van der Waals surface area contributed by atoms with Crippen molar-refractivity contribution in [1.29, 1.82) is 0 Å². The molecular weight excluding hydrogens is 320 g/mol. The van der Waals surface area contributed by atoms with Crippen molar-refractivity contribution in [2.75, 3.05) is 32.7 Å². The summed E-state index contributed by atoms with van der Waals surface area (Å²) < 4.78 is 0. The molecule has 3 N–H and O–H groups in total. The van der Waals surface area contributed by atoms with Crippen LogP contribution in [0.25, 0.3) is 0 Å². The molecule has 0 spiro atoms. The Bertz CT molecular complexity index is 483. The van der Waals surface area contributed by atoms with E-state index in [-0.39, 0.29) is 30.3 Å². The van der Waals surface area contributed by atoms with Gasteiger partial charge in [0.2, 0.25) is 17.7 Å². The van der Waals surface area contributed by atoms with Gasteiger partial charge in [0.15, 0.2) is 0 Å². The Balaban J connectivity index is 1.86. The zero-order chi connectivity index (χ0) is 18.2. The number of hydrogen-bond donors (Lipinski definition) is 2. The summed E-state index contributed by atoms with van der Waals surface area (Å²) in [6, 6.07) is 0.0856. The summed E-state index contributed by atoms with van der Waals surface area (Å²) in [5.41, 5.74) is 5.24. The fourth-order valence-corrected chi connectivity index (χ4v) is 3.87. The molecule has 7 nitrogen and oxygen atoms in total. The van der Waals surface area contributed by atoms with Gasteiger partial charge in [0.1, 0.15) is 0 Å². The molecule has 0 aromatic rings. The highest BCUT2D eigenvalue weighted by molar-refractivity contribution is 5.85. The maximum atomic E-state index is 12.4. The van der Waals surface area contributed by atoms with Gasteiger partial charge in [-0.05, 0) is 25.2 Å². The summed E-state index contributed by atoms with van der Waals surface area (Å²) in [4.78, 5) is 39.4. The van der Waals surface area contributed by atoms with E-state index in [9.17, 15) is 14.4 Å². The van der Waals surface area contributed by atoms with E-state index in [1.165, 1.54) is 0 Å². The molecule has 0 unspecified atom stereocenters. The maximum absolute atomic E-state index is 12.4. The van der Waals surface area contributed by atoms with Crippen molar-refractivity contribution >= 4 is 17.7 Å². The zero-order valence-corrected chi connectivity index (χ0v) is 15.3. The first-order chi connectivity index (χ1) is 12.0. The van der Waals surface area contributed by atoms with Crippen LogP contribution in [0.5, 0.6) is 0 Å². The van der Waals surface area contributed by atoms with Crippen LogP contribution in [0.4, 0.5) is 0 Å². The molecule has 0 bridgehead atoms. The number of carbonyl (C=O) groups is 3. The van der Waals surface area contributed by atoms with Crippen molar-refractivity contribution in [2.24, 2.45) is 11.7 Å². The predicted molar refractivity (Wildman–Crippen MR) is 95.6 cm³/mol. The molecule has 2 aliphatic heterocycles. The van der Waals surface area contributed by atoms with Gasteiger partial charge in [-0.25, -0.2) is 0 Å². The van der Waals surface area contributed by atoms with Crippen LogP contribution < -0.4 is 11.1 Å². The second kappa shape index (κ2) is 9.75. The van der Waals surface area contributed by atoms with E-state index in [1.807, 2.05) is 0 Å². The largest absolute Gasteiger partial charge is 0.370 e. The number of hydrogen-bond acceptors (Lipinski definition) is 4. The van der Waals surface area contributed by atoms with E-state index < -0.39 is 0 Å². The Morgan fingerprint density at radius 3 is 2.76 bits per heavy atom. The number of rotatable bonds is 8. The second-order valence-electron chi connectivity index (χ2n) is 7.32. The highest BCUT2D eigenvalue weighted by Crippen LogP contribution is 2.22. The lowest BCUT2D eigenvalue weighted by Gasteiger charge is -2.23. The Morgan fingerprint density at radius 1 is 1.24 bits per heavy atom. The van der Waals surface area contributed by atoms with Crippen LogP contribution in [0.1, 0.15) is 51.9 Å². The molecule has 7 heteroatoms. The number of carbonyl (C=O) groups excluding carboxylic acids is 3. The van der Waals surface area contributed by atoms with Crippen molar-refractivity contribution in [3.05, 3.63) is 0 Å². The average Bonchev–Trinajstić information content (AvgIpc) is 2.81. The van der Waals surface area contributed by atoms with Gasteiger partial charge in [0, 0.05) is 45.1 Å². The van der Waals surface area contributed by atoms with Crippen molar-refractivity contribution in [3.8, 4) is 0 Å². The minimum Gasteiger partial charge on any atom is -0.370 e. The number of likely N-dealkylation sites (tertiary alicyclic amines) is 2.